The van der Waals surface area contributed by atoms with Crippen LogP contribution in [-0.4, -0.2) is 13.1 Å². The molecule has 2 heteroatoms. The van der Waals surface area contributed by atoms with Crippen molar-refractivity contribution in [1.82, 2.24) is 0 Å². The lowest BCUT2D eigenvalue weighted by Crippen LogP contribution is -1.98. The first-order valence-corrected chi connectivity index (χ1v) is 6.48. The molecule has 0 fully saturated rings. The summed E-state index contributed by atoms with van der Waals surface area (Å²) < 4.78 is 4.63. The van der Waals surface area contributed by atoms with Crippen LogP contribution in [0.2, 0.25) is 0 Å². The third kappa shape index (κ3) is 3.73. The normalized spacial score (nSPS) is 10.9. The van der Waals surface area contributed by atoms with Gasteiger partial charge in [0, 0.05) is 0 Å². The number of benzene rings is 1. The molecule has 0 aliphatic carbocycles. The van der Waals surface area contributed by atoms with Gasteiger partial charge in [-0.3, -0.25) is 4.79 Å². The highest BCUT2D eigenvalue weighted by atomic mass is 16.5. The summed E-state index contributed by atoms with van der Waals surface area (Å²) in [6.45, 7) is 6.44. The molecule has 0 aromatic heterocycles. The van der Waals surface area contributed by atoms with E-state index in [4.69, 9.17) is 0 Å². The van der Waals surface area contributed by atoms with Gasteiger partial charge in [-0.05, 0) is 36.5 Å². The number of aryl methyl sites for hydroxylation is 3. The summed E-state index contributed by atoms with van der Waals surface area (Å²) >= 11 is 0. The summed E-state index contributed by atoms with van der Waals surface area (Å²) in [6.07, 6.45) is 6.28. The number of esters is 1. The molecule has 0 amide bonds. The molecule has 0 aliphatic heterocycles. The van der Waals surface area contributed by atoms with E-state index in [2.05, 4.69) is 37.6 Å². The average molecular weight is 246 g/mol. The number of ether oxygens (including phenoxy) is 1. The van der Waals surface area contributed by atoms with E-state index in [1.54, 1.807) is 0 Å². The standard InChI is InChI=1S/C16H22O2/c1-5-13-10-12(3)11-14(6-2)15(13)8-7-9-16(17)18-4/h7-8,10-11H,5-6,9H2,1-4H3. The van der Waals surface area contributed by atoms with Crippen molar-refractivity contribution in [3.8, 4) is 0 Å². The molecule has 1 aromatic carbocycles. The monoisotopic (exact) mass is 246 g/mol. The van der Waals surface area contributed by atoms with Gasteiger partial charge < -0.3 is 4.74 Å². The first kappa shape index (κ1) is 14.5. The van der Waals surface area contributed by atoms with E-state index in [0.29, 0.717) is 6.42 Å². The Labute approximate surface area is 110 Å². The third-order valence-corrected chi connectivity index (χ3v) is 3.05. The molecule has 0 atom stereocenters. The van der Waals surface area contributed by atoms with E-state index in [-0.39, 0.29) is 5.97 Å². The van der Waals surface area contributed by atoms with Crippen LogP contribution >= 0.6 is 0 Å². The lowest BCUT2D eigenvalue weighted by Gasteiger charge is -2.11. The SMILES string of the molecule is CCc1cc(C)cc(CC)c1C=CCC(=O)OC. The second kappa shape index (κ2) is 7.00. The Hall–Kier alpha value is -1.57. The summed E-state index contributed by atoms with van der Waals surface area (Å²) in [5.41, 5.74) is 5.24. The molecule has 0 N–H and O–H groups in total. The Kier molecular flexibility index (Phi) is 5.63. The van der Waals surface area contributed by atoms with Crippen molar-refractivity contribution in [2.24, 2.45) is 0 Å². The van der Waals surface area contributed by atoms with Crippen LogP contribution in [0.4, 0.5) is 0 Å². The first-order valence-electron chi connectivity index (χ1n) is 6.48. The molecule has 0 spiro atoms. The maximum atomic E-state index is 11.1. The van der Waals surface area contributed by atoms with Crippen LogP contribution in [0.25, 0.3) is 6.08 Å². The van der Waals surface area contributed by atoms with Gasteiger partial charge in [-0.1, -0.05) is 43.7 Å². The predicted octanol–water partition coefficient (Wildman–Crippen LogP) is 3.70. The summed E-state index contributed by atoms with van der Waals surface area (Å²) in [6, 6.07) is 4.44. The molecule has 0 unspecified atom stereocenters. The van der Waals surface area contributed by atoms with Crippen LogP contribution in [0.1, 0.15) is 42.5 Å². The predicted molar refractivity (Wildman–Crippen MR) is 75.6 cm³/mol. The summed E-state index contributed by atoms with van der Waals surface area (Å²) in [7, 11) is 1.41. The highest BCUT2D eigenvalue weighted by Gasteiger charge is 2.05. The highest BCUT2D eigenvalue weighted by Crippen LogP contribution is 2.21. The van der Waals surface area contributed by atoms with Crippen LogP contribution in [0.15, 0.2) is 18.2 Å². The van der Waals surface area contributed by atoms with E-state index >= 15 is 0 Å². The molecule has 0 saturated heterocycles. The quantitative estimate of drug-likeness (QED) is 0.740. The molecule has 1 aromatic rings. The van der Waals surface area contributed by atoms with E-state index in [9.17, 15) is 4.79 Å². The van der Waals surface area contributed by atoms with Gasteiger partial charge in [-0.2, -0.15) is 0 Å². The van der Waals surface area contributed by atoms with Gasteiger partial charge in [0.2, 0.25) is 0 Å². The smallest absolute Gasteiger partial charge is 0.309 e. The number of carbonyl (C=O) groups excluding carboxylic acids is 1. The Morgan fingerprint density at radius 2 is 1.78 bits per heavy atom. The minimum atomic E-state index is -0.200. The molecule has 0 saturated carbocycles. The minimum Gasteiger partial charge on any atom is -0.469 e. The largest absolute Gasteiger partial charge is 0.469 e. The van der Waals surface area contributed by atoms with Gasteiger partial charge in [-0.15, -0.1) is 0 Å². The molecule has 0 radical (unpaired) electrons. The van der Waals surface area contributed by atoms with Gasteiger partial charge in [0.1, 0.15) is 0 Å². The van der Waals surface area contributed by atoms with E-state index < -0.39 is 0 Å². The Morgan fingerprint density at radius 1 is 1.22 bits per heavy atom. The van der Waals surface area contributed by atoms with Crippen molar-refractivity contribution < 1.29 is 9.53 Å². The fraction of sp³-hybridized carbons (Fsp3) is 0.438. The van der Waals surface area contributed by atoms with Crippen LogP contribution in [0.3, 0.4) is 0 Å². The molecular weight excluding hydrogens is 224 g/mol. The van der Waals surface area contributed by atoms with Crippen molar-refractivity contribution in [3.05, 3.63) is 40.5 Å². The molecule has 98 valence electrons. The Balaban J connectivity index is 3.02. The van der Waals surface area contributed by atoms with Gasteiger partial charge >= 0.3 is 5.97 Å². The third-order valence-electron chi connectivity index (χ3n) is 3.05. The second-order valence-electron chi connectivity index (χ2n) is 4.39. The number of hydrogen-bond donors (Lipinski definition) is 0. The van der Waals surface area contributed by atoms with Crippen molar-refractivity contribution in [1.29, 1.82) is 0 Å². The molecule has 0 aliphatic rings. The van der Waals surface area contributed by atoms with Gasteiger partial charge in [-0.25, -0.2) is 0 Å². The fourth-order valence-corrected chi connectivity index (χ4v) is 2.11. The summed E-state index contributed by atoms with van der Waals surface area (Å²) in [4.78, 5) is 11.1. The Bertz CT molecular complexity index is 419. The number of hydrogen-bond acceptors (Lipinski definition) is 2. The summed E-state index contributed by atoms with van der Waals surface area (Å²) in [5, 5.41) is 0. The zero-order valence-corrected chi connectivity index (χ0v) is 11.7. The van der Waals surface area contributed by atoms with Gasteiger partial charge in [0.25, 0.3) is 0 Å². The maximum Gasteiger partial charge on any atom is 0.309 e. The number of carbonyl (C=O) groups is 1. The zero-order chi connectivity index (χ0) is 13.5. The van der Waals surface area contributed by atoms with Crippen LogP contribution in [0.5, 0.6) is 0 Å². The van der Waals surface area contributed by atoms with Crippen molar-refractivity contribution in [3.63, 3.8) is 0 Å². The maximum absolute atomic E-state index is 11.1. The van der Waals surface area contributed by atoms with Crippen molar-refractivity contribution in [2.45, 2.75) is 40.0 Å². The van der Waals surface area contributed by atoms with Crippen LogP contribution in [-0.2, 0) is 22.4 Å². The van der Waals surface area contributed by atoms with Crippen molar-refractivity contribution >= 4 is 12.0 Å². The number of methoxy groups -OCH3 is 1. The lowest BCUT2D eigenvalue weighted by molar-refractivity contribution is -0.139. The topological polar surface area (TPSA) is 26.3 Å². The first-order chi connectivity index (χ1) is 8.62. The molecular formula is C16H22O2. The minimum absolute atomic E-state index is 0.200. The molecule has 0 bridgehead atoms. The number of rotatable bonds is 5. The van der Waals surface area contributed by atoms with Gasteiger partial charge in [0.05, 0.1) is 13.5 Å². The van der Waals surface area contributed by atoms with Crippen LogP contribution < -0.4 is 0 Å². The van der Waals surface area contributed by atoms with E-state index in [1.165, 1.54) is 29.4 Å². The van der Waals surface area contributed by atoms with Crippen LogP contribution in [0, 0.1) is 6.92 Å². The fourth-order valence-electron chi connectivity index (χ4n) is 2.11. The van der Waals surface area contributed by atoms with Gasteiger partial charge in [0.15, 0.2) is 0 Å². The van der Waals surface area contributed by atoms with E-state index in [0.717, 1.165) is 12.8 Å². The highest BCUT2D eigenvalue weighted by molar-refractivity contribution is 5.73. The molecule has 1 rings (SSSR count). The van der Waals surface area contributed by atoms with E-state index in [1.807, 2.05) is 12.2 Å². The lowest BCUT2D eigenvalue weighted by atomic mass is 9.94. The molecule has 0 heterocycles. The molecule has 2 nitrogen and oxygen atoms in total. The second-order valence-corrected chi connectivity index (χ2v) is 4.39. The summed E-state index contributed by atoms with van der Waals surface area (Å²) in [5.74, 6) is -0.200. The molecule has 18 heavy (non-hydrogen) atoms. The van der Waals surface area contributed by atoms with Crippen molar-refractivity contribution in [2.75, 3.05) is 7.11 Å². The Morgan fingerprint density at radius 3 is 2.22 bits per heavy atom. The zero-order valence-electron chi connectivity index (χ0n) is 11.7. The average Bonchev–Trinajstić information content (AvgIpc) is 2.39.